The number of rotatable bonds is 76. The Morgan fingerprint density at radius 2 is 0.531 bits per heavy atom. The molecule has 0 aliphatic heterocycles. The lowest BCUT2D eigenvalue weighted by molar-refractivity contribution is -0.161. The number of hydrogen-bond acceptors (Lipinski definition) is 15. The van der Waals surface area contributed by atoms with Crippen molar-refractivity contribution in [3.63, 3.8) is 0 Å². The van der Waals surface area contributed by atoms with Gasteiger partial charge in [-0.1, -0.05) is 350 Å². The molecule has 0 spiro atoms. The van der Waals surface area contributed by atoms with Crippen LogP contribution in [0.25, 0.3) is 0 Å². The monoisotopic (exact) mass is 1410 g/mol. The lowest BCUT2D eigenvalue weighted by Crippen LogP contribution is -2.30. The minimum Gasteiger partial charge on any atom is -0.462 e. The van der Waals surface area contributed by atoms with E-state index in [4.69, 9.17) is 37.0 Å². The molecule has 0 aromatic heterocycles. The van der Waals surface area contributed by atoms with Gasteiger partial charge in [0.2, 0.25) is 0 Å². The molecule has 0 saturated carbocycles. The molecular weight excluding hydrogens is 1260 g/mol. The molecule has 3 unspecified atom stereocenters. The molecule has 0 radical (unpaired) electrons. The van der Waals surface area contributed by atoms with E-state index in [0.717, 1.165) is 102 Å². The molecule has 0 heterocycles. The van der Waals surface area contributed by atoms with Gasteiger partial charge in [-0.25, -0.2) is 9.13 Å². The van der Waals surface area contributed by atoms with Crippen molar-refractivity contribution < 1.29 is 80.2 Å². The van der Waals surface area contributed by atoms with Crippen LogP contribution in [0, 0.1) is 11.8 Å². The van der Waals surface area contributed by atoms with Crippen LogP contribution in [-0.4, -0.2) is 96.7 Å². The first-order valence-corrected chi connectivity index (χ1v) is 43.0. The number of carbonyl (C=O) groups is 4. The predicted octanol–water partition coefficient (Wildman–Crippen LogP) is 22.7. The third kappa shape index (κ3) is 69.2. The Morgan fingerprint density at radius 1 is 0.302 bits per heavy atom. The first-order valence-electron chi connectivity index (χ1n) is 40.0. The number of aliphatic hydroxyl groups excluding tert-OH is 1. The second-order valence-corrected chi connectivity index (χ2v) is 31.4. The number of carbonyl (C=O) groups excluding carboxylic acids is 4. The van der Waals surface area contributed by atoms with E-state index in [1.165, 1.54) is 218 Å². The fourth-order valence-electron chi connectivity index (χ4n) is 11.8. The third-order valence-corrected chi connectivity index (χ3v) is 20.2. The number of esters is 4. The zero-order valence-corrected chi connectivity index (χ0v) is 64.5. The van der Waals surface area contributed by atoms with Crippen LogP contribution >= 0.6 is 15.6 Å². The molecule has 0 aromatic carbocycles. The molecule has 570 valence electrons. The number of ether oxygens (including phenoxy) is 4. The molecule has 0 aliphatic rings. The summed E-state index contributed by atoms with van der Waals surface area (Å²) in [7, 11) is -9.91. The minimum atomic E-state index is -4.96. The Hall–Kier alpha value is -1.94. The molecule has 0 aromatic rings. The highest BCUT2D eigenvalue weighted by Crippen LogP contribution is 2.45. The van der Waals surface area contributed by atoms with Crippen LogP contribution in [0.2, 0.25) is 0 Å². The summed E-state index contributed by atoms with van der Waals surface area (Å²) in [6.45, 7) is 9.61. The van der Waals surface area contributed by atoms with Gasteiger partial charge in [-0.15, -0.1) is 0 Å². The lowest BCUT2D eigenvalue weighted by Gasteiger charge is -2.21. The molecule has 3 N–H and O–H groups in total. The van der Waals surface area contributed by atoms with E-state index in [1.54, 1.807) is 0 Å². The normalized spacial score (nSPS) is 14.3. The van der Waals surface area contributed by atoms with Gasteiger partial charge >= 0.3 is 39.5 Å². The molecule has 17 nitrogen and oxygen atoms in total. The van der Waals surface area contributed by atoms with Crippen molar-refractivity contribution in [2.75, 3.05) is 39.6 Å². The molecule has 96 heavy (non-hydrogen) atoms. The van der Waals surface area contributed by atoms with Gasteiger partial charge in [-0.2, -0.15) is 0 Å². The molecule has 0 aliphatic carbocycles. The summed E-state index contributed by atoms with van der Waals surface area (Å²) in [5, 5.41) is 10.6. The van der Waals surface area contributed by atoms with Crippen molar-refractivity contribution in [1.82, 2.24) is 0 Å². The Labute approximate surface area is 588 Å². The van der Waals surface area contributed by atoms with Crippen LogP contribution in [0.15, 0.2) is 0 Å². The maximum absolute atomic E-state index is 13.1. The van der Waals surface area contributed by atoms with Crippen molar-refractivity contribution >= 4 is 39.5 Å². The van der Waals surface area contributed by atoms with Crippen molar-refractivity contribution in [2.24, 2.45) is 11.8 Å². The predicted molar refractivity (Wildman–Crippen MR) is 391 cm³/mol. The Kier molecular flexibility index (Phi) is 67.4. The zero-order chi connectivity index (χ0) is 70.7. The maximum Gasteiger partial charge on any atom is 0.472 e. The van der Waals surface area contributed by atoms with Crippen molar-refractivity contribution in [3.05, 3.63) is 0 Å². The topological polar surface area (TPSA) is 237 Å². The Bertz CT molecular complexity index is 1860. The van der Waals surface area contributed by atoms with E-state index < -0.39 is 97.5 Å². The third-order valence-electron chi connectivity index (χ3n) is 18.3. The number of unbranched alkanes of at least 4 members (excludes halogenated alkanes) is 45. The van der Waals surface area contributed by atoms with Crippen molar-refractivity contribution in [1.29, 1.82) is 0 Å². The highest BCUT2D eigenvalue weighted by molar-refractivity contribution is 7.47. The second-order valence-electron chi connectivity index (χ2n) is 28.5. The minimum absolute atomic E-state index is 0.105. The molecule has 19 heteroatoms. The highest BCUT2D eigenvalue weighted by atomic mass is 31.2. The van der Waals surface area contributed by atoms with E-state index in [2.05, 4.69) is 41.5 Å². The van der Waals surface area contributed by atoms with Gasteiger partial charge in [0.1, 0.15) is 19.3 Å². The van der Waals surface area contributed by atoms with Gasteiger partial charge in [0.25, 0.3) is 0 Å². The zero-order valence-electron chi connectivity index (χ0n) is 62.7. The van der Waals surface area contributed by atoms with E-state index in [0.29, 0.717) is 25.7 Å². The van der Waals surface area contributed by atoms with Crippen LogP contribution in [0.5, 0.6) is 0 Å². The van der Waals surface area contributed by atoms with Crippen LogP contribution in [0.4, 0.5) is 0 Å². The van der Waals surface area contributed by atoms with E-state index in [-0.39, 0.29) is 25.7 Å². The smallest absolute Gasteiger partial charge is 0.462 e. The van der Waals surface area contributed by atoms with E-state index >= 15 is 0 Å². The largest absolute Gasteiger partial charge is 0.472 e. The van der Waals surface area contributed by atoms with Crippen molar-refractivity contribution in [2.45, 2.75) is 419 Å². The molecule has 0 saturated heterocycles. The van der Waals surface area contributed by atoms with Gasteiger partial charge in [-0.05, 0) is 37.5 Å². The Balaban J connectivity index is 5.24. The summed E-state index contributed by atoms with van der Waals surface area (Å²) in [4.78, 5) is 72.8. The van der Waals surface area contributed by atoms with Crippen LogP contribution in [0.1, 0.15) is 401 Å². The maximum atomic E-state index is 13.1. The van der Waals surface area contributed by atoms with Gasteiger partial charge in [0, 0.05) is 25.7 Å². The quantitative estimate of drug-likeness (QED) is 0.0222. The first kappa shape index (κ1) is 94.1. The van der Waals surface area contributed by atoms with Gasteiger partial charge < -0.3 is 33.8 Å². The fraction of sp³-hybridized carbons (Fsp3) is 0.948. The van der Waals surface area contributed by atoms with Crippen LogP contribution in [0.3, 0.4) is 0 Å². The summed E-state index contributed by atoms with van der Waals surface area (Å²) in [6.07, 6.45) is 56.8. The van der Waals surface area contributed by atoms with Gasteiger partial charge in [0.05, 0.1) is 26.4 Å². The number of phosphoric acid groups is 2. The number of hydrogen-bond donors (Lipinski definition) is 3. The number of phosphoric ester groups is 2. The standard InChI is InChI=1S/C77H150O17P2/c1-7-10-12-14-16-18-20-21-22-23-24-25-28-32-36-43-49-55-61-76(81)93-72(65-88-75(80)60-54-48-42-35-31-29-26-27-30-33-39-45-51-57-69(4)5)67-91-95(83,84)89-63-71(78)64-90-96(85,86)92-68-73(66-87-74(79)59-53-47-41-34-19-17-15-13-11-8-2)94-77(82)62-56-50-44-38-37-40-46-52-58-70(6)9-3/h69-73,78H,7-68H2,1-6H3,(H,83,84)(H,85,86)/t70?,71-,72-,73-/m1/s1. The summed E-state index contributed by atoms with van der Waals surface area (Å²) >= 11 is 0. The lowest BCUT2D eigenvalue weighted by atomic mass is 9.99. The summed E-state index contributed by atoms with van der Waals surface area (Å²) in [5.74, 6) is -0.554. The van der Waals surface area contributed by atoms with Crippen LogP contribution < -0.4 is 0 Å². The highest BCUT2D eigenvalue weighted by Gasteiger charge is 2.30. The average molecular weight is 1410 g/mol. The summed E-state index contributed by atoms with van der Waals surface area (Å²) in [5.41, 5.74) is 0. The van der Waals surface area contributed by atoms with Crippen molar-refractivity contribution in [3.8, 4) is 0 Å². The van der Waals surface area contributed by atoms with Gasteiger partial charge in [0.15, 0.2) is 12.2 Å². The first-order chi connectivity index (χ1) is 46.4. The molecular formula is C77H150O17P2. The molecule has 0 bridgehead atoms. The average Bonchev–Trinajstić information content (AvgIpc) is 3.77. The molecule has 0 rings (SSSR count). The second kappa shape index (κ2) is 68.8. The fourth-order valence-corrected chi connectivity index (χ4v) is 13.4. The van der Waals surface area contributed by atoms with E-state index in [1.807, 2.05) is 0 Å². The number of aliphatic hydroxyl groups is 1. The summed E-state index contributed by atoms with van der Waals surface area (Å²) < 4.78 is 68.6. The molecule has 0 fully saturated rings. The van der Waals surface area contributed by atoms with Gasteiger partial charge in [-0.3, -0.25) is 37.3 Å². The molecule has 6 atom stereocenters. The molecule has 0 amide bonds. The van der Waals surface area contributed by atoms with Crippen LogP contribution in [-0.2, 0) is 65.4 Å². The summed E-state index contributed by atoms with van der Waals surface area (Å²) in [6, 6.07) is 0. The SMILES string of the molecule is CCCCCCCCCCCCCCCCCCCCC(=O)O[C@H](COC(=O)CCCCCCCCCCCCCCCC(C)C)COP(=O)(O)OC[C@@H](O)COP(=O)(O)OC[C@@H](COC(=O)CCCCCCCCCCCC)OC(=O)CCCCCCCCCCC(C)CC. The van der Waals surface area contributed by atoms with E-state index in [9.17, 15) is 43.2 Å². The Morgan fingerprint density at radius 3 is 0.792 bits per heavy atom.